The fourth-order valence-corrected chi connectivity index (χ4v) is 3.32. The molecule has 0 saturated carbocycles. The Hall–Kier alpha value is -3.86. The molecule has 3 aromatic carbocycles. The van der Waals surface area contributed by atoms with E-state index >= 15 is 0 Å². The second-order valence-electron chi connectivity index (χ2n) is 6.92. The number of aryl methyl sites for hydroxylation is 1. The first-order valence-corrected chi connectivity index (χ1v) is 9.59. The van der Waals surface area contributed by atoms with Crippen molar-refractivity contribution in [1.29, 1.82) is 0 Å². The minimum Gasteiger partial charge on any atom is -0.497 e. The van der Waals surface area contributed by atoms with Crippen molar-refractivity contribution in [3.63, 3.8) is 0 Å². The molecule has 4 rings (SSSR count). The smallest absolute Gasteiger partial charge is 0.282 e. The molecule has 1 aliphatic rings. The number of amides is 1. The maximum atomic E-state index is 13.4. The Labute approximate surface area is 175 Å². The Morgan fingerprint density at radius 3 is 2.30 bits per heavy atom. The Balaban J connectivity index is 1.82. The summed E-state index contributed by atoms with van der Waals surface area (Å²) in [6.07, 6.45) is 1.75. The Morgan fingerprint density at radius 2 is 1.63 bits per heavy atom. The summed E-state index contributed by atoms with van der Waals surface area (Å²) < 4.78 is 10.7. The predicted octanol–water partition coefficient (Wildman–Crippen LogP) is 4.85. The molecule has 0 saturated heterocycles. The van der Waals surface area contributed by atoms with Crippen molar-refractivity contribution in [3.05, 3.63) is 95.2 Å². The van der Waals surface area contributed by atoms with Crippen LogP contribution < -0.4 is 14.4 Å². The molecule has 1 amide bonds. The van der Waals surface area contributed by atoms with E-state index in [0.29, 0.717) is 23.0 Å². The van der Waals surface area contributed by atoms with Crippen LogP contribution >= 0.6 is 0 Å². The highest BCUT2D eigenvalue weighted by molar-refractivity contribution is 6.33. The zero-order valence-electron chi connectivity index (χ0n) is 17.1. The van der Waals surface area contributed by atoms with Crippen LogP contribution in [0.2, 0.25) is 0 Å². The number of amidine groups is 1. The van der Waals surface area contributed by atoms with E-state index in [-0.39, 0.29) is 5.91 Å². The fraction of sp³-hybridized carbons (Fsp3) is 0.120. The van der Waals surface area contributed by atoms with Crippen molar-refractivity contribution in [3.8, 4) is 11.5 Å². The van der Waals surface area contributed by atoms with E-state index < -0.39 is 0 Å². The molecule has 0 fully saturated rings. The van der Waals surface area contributed by atoms with Crippen LogP contribution in [0.25, 0.3) is 6.08 Å². The molecule has 30 heavy (non-hydrogen) atoms. The largest absolute Gasteiger partial charge is 0.497 e. The third kappa shape index (κ3) is 3.70. The summed E-state index contributed by atoms with van der Waals surface area (Å²) in [5.41, 5.74) is 3.87. The lowest BCUT2D eigenvalue weighted by Crippen LogP contribution is -2.32. The van der Waals surface area contributed by atoms with Crippen molar-refractivity contribution in [2.75, 3.05) is 19.1 Å². The number of hydrogen-bond donors (Lipinski definition) is 0. The number of carbonyl (C=O) groups is 1. The summed E-state index contributed by atoms with van der Waals surface area (Å²) in [6.45, 7) is 2.02. The molecule has 5 heteroatoms. The summed E-state index contributed by atoms with van der Waals surface area (Å²) in [5, 5.41) is 0. The number of anilines is 1. The lowest BCUT2D eigenvalue weighted by Gasteiger charge is -2.18. The predicted molar refractivity (Wildman–Crippen MR) is 119 cm³/mol. The van der Waals surface area contributed by atoms with E-state index in [4.69, 9.17) is 14.5 Å². The number of rotatable bonds is 5. The van der Waals surface area contributed by atoms with Crippen molar-refractivity contribution >= 4 is 23.5 Å². The zero-order valence-corrected chi connectivity index (χ0v) is 17.1. The molecule has 1 aliphatic heterocycles. The van der Waals surface area contributed by atoms with Gasteiger partial charge in [0.15, 0.2) is 0 Å². The average Bonchev–Trinajstić information content (AvgIpc) is 3.11. The van der Waals surface area contributed by atoms with Crippen LogP contribution in [0.15, 0.2) is 83.5 Å². The molecule has 0 aliphatic carbocycles. The van der Waals surface area contributed by atoms with Gasteiger partial charge in [-0.2, -0.15) is 0 Å². The van der Waals surface area contributed by atoms with E-state index in [2.05, 4.69) is 0 Å². The number of ether oxygens (including phenoxy) is 2. The molecule has 0 N–H and O–H groups in total. The molecule has 0 unspecified atom stereocenters. The summed E-state index contributed by atoms with van der Waals surface area (Å²) in [7, 11) is 3.19. The second kappa shape index (κ2) is 8.25. The normalized spacial score (nSPS) is 14.8. The molecule has 5 nitrogen and oxygen atoms in total. The van der Waals surface area contributed by atoms with E-state index in [1.54, 1.807) is 31.3 Å². The monoisotopic (exact) mass is 398 g/mol. The van der Waals surface area contributed by atoms with Crippen LogP contribution in [-0.4, -0.2) is 26.0 Å². The van der Waals surface area contributed by atoms with Crippen LogP contribution in [-0.2, 0) is 4.79 Å². The fourth-order valence-electron chi connectivity index (χ4n) is 3.32. The van der Waals surface area contributed by atoms with Crippen LogP contribution in [0.5, 0.6) is 11.5 Å². The van der Waals surface area contributed by atoms with Gasteiger partial charge in [-0.25, -0.2) is 4.99 Å². The van der Waals surface area contributed by atoms with Gasteiger partial charge in [-0.1, -0.05) is 48.0 Å². The first-order chi connectivity index (χ1) is 14.6. The molecular formula is C25H22N2O3. The third-order valence-electron chi connectivity index (χ3n) is 4.92. The van der Waals surface area contributed by atoms with E-state index in [1.807, 2.05) is 73.7 Å². The molecule has 3 aromatic rings. The standard InChI is InChI=1S/C25H22N2O3/c1-17-9-12-20(13-10-17)27-24(18-7-5-4-6-8-18)26-22(25(27)28)15-19-11-14-21(29-2)16-23(19)30-3/h4-16H,1-3H3. The maximum Gasteiger partial charge on any atom is 0.282 e. The van der Waals surface area contributed by atoms with Crippen molar-refractivity contribution in [2.45, 2.75) is 6.92 Å². The van der Waals surface area contributed by atoms with Crippen molar-refractivity contribution in [1.82, 2.24) is 0 Å². The number of carbonyl (C=O) groups excluding carboxylic acids is 1. The minimum atomic E-state index is -0.185. The Morgan fingerprint density at radius 1 is 0.900 bits per heavy atom. The van der Waals surface area contributed by atoms with Crippen molar-refractivity contribution < 1.29 is 14.3 Å². The summed E-state index contributed by atoms with van der Waals surface area (Å²) in [6, 6.07) is 23.0. The first kappa shape index (κ1) is 19.5. The van der Waals surface area contributed by atoms with Gasteiger partial charge in [-0.3, -0.25) is 9.69 Å². The molecule has 0 aromatic heterocycles. The first-order valence-electron chi connectivity index (χ1n) is 9.59. The number of nitrogens with zero attached hydrogens (tertiary/aromatic N) is 2. The highest BCUT2D eigenvalue weighted by atomic mass is 16.5. The van der Waals surface area contributed by atoms with Gasteiger partial charge in [0, 0.05) is 17.2 Å². The number of hydrogen-bond acceptors (Lipinski definition) is 4. The van der Waals surface area contributed by atoms with Crippen LogP contribution in [0.1, 0.15) is 16.7 Å². The summed E-state index contributed by atoms with van der Waals surface area (Å²) in [5.74, 6) is 1.71. The van der Waals surface area contributed by atoms with Gasteiger partial charge in [0.05, 0.1) is 19.9 Å². The highest BCUT2D eigenvalue weighted by Crippen LogP contribution is 2.31. The van der Waals surface area contributed by atoms with Gasteiger partial charge in [-0.15, -0.1) is 0 Å². The topological polar surface area (TPSA) is 51.1 Å². The molecule has 0 bridgehead atoms. The van der Waals surface area contributed by atoms with E-state index in [1.165, 1.54) is 0 Å². The lowest BCUT2D eigenvalue weighted by molar-refractivity contribution is -0.113. The van der Waals surface area contributed by atoms with Crippen molar-refractivity contribution in [2.24, 2.45) is 4.99 Å². The molecule has 0 radical (unpaired) electrons. The third-order valence-corrected chi connectivity index (χ3v) is 4.92. The zero-order chi connectivity index (χ0) is 21.1. The summed E-state index contributed by atoms with van der Waals surface area (Å²) >= 11 is 0. The van der Waals surface area contributed by atoms with Gasteiger partial charge in [0.2, 0.25) is 0 Å². The Kier molecular flexibility index (Phi) is 5.35. The molecule has 0 spiro atoms. The maximum absolute atomic E-state index is 13.4. The molecule has 150 valence electrons. The highest BCUT2D eigenvalue weighted by Gasteiger charge is 2.32. The van der Waals surface area contributed by atoms with Crippen LogP contribution in [0.4, 0.5) is 5.69 Å². The molecule has 0 atom stereocenters. The quantitative estimate of drug-likeness (QED) is 0.578. The van der Waals surface area contributed by atoms with Gasteiger partial charge >= 0.3 is 0 Å². The Bertz CT molecular complexity index is 1130. The number of benzene rings is 3. The second-order valence-corrected chi connectivity index (χ2v) is 6.92. The lowest BCUT2D eigenvalue weighted by atomic mass is 10.1. The molecule has 1 heterocycles. The van der Waals surface area contributed by atoms with Crippen LogP contribution in [0, 0.1) is 6.92 Å². The summed E-state index contributed by atoms with van der Waals surface area (Å²) in [4.78, 5) is 19.7. The van der Waals surface area contributed by atoms with Gasteiger partial charge < -0.3 is 9.47 Å². The average molecular weight is 398 g/mol. The van der Waals surface area contributed by atoms with Crippen LogP contribution in [0.3, 0.4) is 0 Å². The van der Waals surface area contributed by atoms with Gasteiger partial charge in [0.1, 0.15) is 23.0 Å². The molecular weight excluding hydrogens is 376 g/mol. The number of aliphatic imine (C=N–C) groups is 1. The minimum absolute atomic E-state index is 0.185. The number of methoxy groups -OCH3 is 2. The van der Waals surface area contributed by atoms with Gasteiger partial charge in [0.25, 0.3) is 5.91 Å². The van der Waals surface area contributed by atoms with E-state index in [9.17, 15) is 4.79 Å². The van der Waals surface area contributed by atoms with Gasteiger partial charge in [-0.05, 0) is 37.3 Å². The van der Waals surface area contributed by atoms with E-state index in [0.717, 1.165) is 22.4 Å². The SMILES string of the molecule is COc1ccc(C=C2N=C(c3ccccc3)N(c3ccc(C)cc3)C2=O)c(OC)c1.